The summed E-state index contributed by atoms with van der Waals surface area (Å²) in [6.07, 6.45) is -1.29. The number of hydrogen-bond acceptors (Lipinski definition) is 4. The molecular formula is C17H23NO4S. The minimum atomic E-state index is -0.958. The molecule has 0 aromatic heterocycles. The Kier molecular flexibility index (Phi) is 4.69. The van der Waals surface area contributed by atoms with Gasteiger partial charge in [0.05, 0.1) is 6.04 Å². The number of amides is 1. The van der Waals surface area contributed by atoms with Crippen molar-refractivity contribution < 1.29 is 19.4 Å². The summed E-state index contributed by atoms with van der Waals surface area (Å²) < 4.78 is 11.4. The van der Waals surface area contributed by atoms with Crippen molar-refractivity contribution in [1.82, 2.24) is 4.90 Å². The van der Waals surface area contributed by atoms with Crippen LogP contribution < -0.4 is 0 Å². The number of rotatable bonds is 2. The summed E-state index contributed by atoms with van der Waals surface area (Å²) in [5.41, 5.74) is -0.766. The summed E-state index contributed by atoms with van der Waals surface area (Å²) in [5, 5.41) is 9.60. The molecule has 1 aliphatic rings. The van der Waals surface area contributed by atoms with Gasteiger partial charge in [0.1, 0.15) is 11.3 Å². The molecule has 126 valence electrons. The maximum atomic E-state index is 12.7. The van der Waals surface area contributed by atoms with Crippen LogP contribution in [0.3, 0.4) is 0 Å². The van der Waals surface area contributed by atoms with Gasteiger partial charge in [-0.05, 0) is 52.4 Å². The van der Waals surface area contributed by atoms with Crippen molar-refractivity contribution >= 4 is 23.4 Å². The second-order valence-corrected chi connectivity index (χ2v) is 7.45. The number of carbonyl (C=O) groups excluding carboxylic acids is 1. The number of benzene rings is 1. The molecule has 1 amide bonds. The molecule has 1 aromatic rings. The molecule has 1 heterocycles. The first kappa shape index (κ1) is 17.7. The van der Waals surface area contributed by atoms with Crippen LogP contribution in [0.15, 0.2) is 30.3 Å². The van der Waals surface area contributed by atoms with Crippen LogP contribution in [0, 0.1) is 0 Å². The second-order valence-electron chi connectivity index (χ2n) is 7.03. The van der Waals surface area contributed by atoms with Gasteiger partial charge in [-0.1, -0.05) is 30.3 Å². The van der Waals surface area contributed by atoms with Crippen LogP contribution in [0.2, 0.25) is 0 Å². The van der Waals surface area contributed by atoms with E-state index in [1.165, 1.54) is 4.90 Å². The summed E-state index contributed by atoms with van der Waals surface area (Å²) in [6, 6.07) is 8.82. The normalized spacial score (nSPS) is 23.6. The Morgan fingerprint density at radius 2 is 1.87 bits per heavy atom. The van der Waals surface area contributed by atoms with Crippen LogP contribution in [0.1, 0.15) is 46.2 Å². The number of thiocarbonyl (C=S) groups is 1. The Morgan fingerprint density at radius 3 is 2.35 bits per heavy atom. The molecule has 2 atom stereocenters. The van der Waals surface area contributed by atoms with Crippen molar-refractivity contribution in [3.63, 3.8) is 0 Å². The fraction of sp³-hybridized carbons (Fsp3) is 0.529. The van der Waals surface area contributed by atoms with Crippen LogP contribution in [0.4, 0.5) is 4.79 Å². The molecule has 1 aromatic carbocycles. The summed E-state index contributed by atoms with van der Waals surface area (Å²) >= 11 is 4.94. The Labute approximate surface area is 142 Å². The number of hydrogen-bond donors (Lipinski definition) is 1. The second kappa shape index (κ2) is 6.09. The first-order chi connectivity index (χ1) is 10.5. The lowest BCUT2D eigenvalue weighted by atomic mass is 10.0. The summed E-state index contributed by atoms with van der Waals surface area (Å²) in [7, 11) is 0. The third-order valence-corrected chi connectivity index (χ3v) is 3.77. The molecule has 0 aliphatic carbocycles. The highest BCUT2D eigenvalue weighted by Crippen LogP contribution is 2.42. The smallest absolute Gasteiger partial charge is 0.413 e. The molecule has 1 saturated heterocycles. The van der Waals surface area contributed by atoms with E-state index in [1.54, 1.807) is 34.6 Å². The topological polar surface area (TPSA) is 59.0 Å². The first-order valence-electron chi connectivity index (χ1n) is 7.51. The highest BCUT2D eigenvalue weighted by molar-refractivity contribution is 7.80. The van der Waals surface area contributed by atoms with Gasteiger partial charge in [0.25, 0.3) is 0 Å². The van der Waals surface area contributed by atoms with E-state index in [0.717, 1.165) is 5.56 Å². The van der Waals surface area contributed by atoms with Crippen molar-refractivity contribution in [3.8, 4) is 0 Å². The molecule has 2 rings (SSSR count). The van der Waals surface area contributed by atoms with Gasteiger partial charge in [0.15, 0.2) is 11.2 Å². The SMILES string of the molecule is CC(C)(C)OC(=O)N1[C@@H](c2ccccc2)[C@H](C(O)=S)OC1(C)C. The molecule has 0 radical (unpaired) electrons. The third kappa shape index (κ3) is 3.82. The van der Waals surface area contributed by atoms with E-state index in [2.05, 4.69) is 0 Å². The Morgan fingerprint density at radius 1 is 1.30 bits per heavy atom. The zero-order valence-electron chi connectivity index (χ0n) is 14.1. The van der Waals surface area contributed by atoms with Gasteiger partial charge >= 0.3 is 6.09 Å². The number of ether oxygens (including phenoxy) is 2. The Bertz CT molecular complexity index is 594. The molecule has 23 heavy (non-hydrogen) atoms. The summed E-state index contributed by atoms with van der Waals surface area (Å²) in [6.45, 7) is 8.93. The maximum absolute atomic E-state index is 12.7. The first-order valence-corrected chi connectivity index (χ1v) is 7.91. The number of carbonyl (C=O) groups is 1. The van der Waals surface area contributed by atoms with Crippen molar-refractivity contribution in [1.29, 1.82) is 0 Å². The molecule has 5 nitrogen and oxygen atoms in total. The molecular weight excluding hydrogens is 314 g/mol. The quantitative estimate of drug-likeness (QED) is 0.827. The van der Waals surface area contributed by atoms with Crippen molar-refractivity contribution in [2.75, 3.05) is 0 Å². The van der Waals surface area contributed by atoms with Crippen LogP contribution in [0.5, 0.6) is 0 Å². The van der Waals surface area contributed by atoms with E-state index in [-0.39, 0.29) is 5.05 Å². The largest absolute Gasteiger partial charge is 0.500 e. The molecule has 0 bridgehead atoms. The molecule has 0 spiro atoms. The van der Waals surface area contributed by atoms with E-state index in [9.17, 15) is 9.90 Å². The lowest BCUT2D eigenvalue weighted by molar-refractivity contribution is -0.0705. The average molecular weight is 337 g/mol. The maximum Gasteiger partial charge on any atom is 0.413 e. The molecule has 6 heteroatoms. The van der Waals surface area contributed by atoms with E-state index in [4.69, 9.17) is 21.7 Å². The highest BCUT2D eigenvalue weighted by atomic mass is 32.1. The average Bonchev–Trinajstić information content (AvgIpc) is 2.69. The zero-order chi connectivity index (χ0) is 17.4. The van der Waals surface area contributed by atoms with E-state index >= 15 is 0 Å². The lowest BCUT2D eigenvalue weighted by Crippen LogP contribution is -2.47. The van der Waals surface area contributed by atoms with Crippen molar-refractivity contribution in [3.05, 3.63) is 35.9 Å². The summed E-state index contributed by atoms with van der Waals surface area (Å²) in [4.78, 5) is 14.2. The number of aliphatic hydroxyl groups excluding tert-OH is 1. The third-order valence-electron chi connectivity index (χ3n) is 3.54. The van der Waals surface area contributed by atoms with Crippen LogP contribution in [-0.4, -0.2) is 38.6 Å². The monoisotopic (exact) mass is 337 g/mol. The number of nitrogens with zero attached hydrogens (tertiary/aromatic N) is 1. The predicted octanol–water partition coefficient (Wildman–Crippen LogP) is 3.99. The number of aliphatic hydroxyl groups is 1. The minimum absolute atomic E-state index is 0.280. The van der Waals surface area contributed by atoms with E-state index in [1.807, 2.05) is 30.3 Å². The highest BCUT2D eigenvalue weighted by Gasteiger charge is 2.53. The molecule has 0 unspecified atom stereocenters. The van der Waals surface area contributed by atoms with Gasteiger partial charge in [-0.3, -0.25) is 4.90 Å². The van der Waals surface area contributed by atoms with Gasteiger partial charge in [0.2, 0.25) is 0 Å². The van der Waals surface area contributed by atoms with Gasteiger partial charge in [-0.25, -0.2) is 4.79 Å². The van der Waals surface area contributed by atoms with Gasteiger partial charge in [0, 0.05) is 0 Å². The van der Waals surface area contributed by atoms with Gasteiger partial charge in [-0.15, -0.1) is 0 Å². The molecule has 1 N–H and O–H groups in total. The van der Waals surface area contributed by atoms with Crippen LogP contribution >= 0.6 is 12.2 Å². The van der Waals surface area contributed by atoms with Gasteiger partial charge < -0.3 is 14.6 Å². The van der Waals surface area contributed by atoms with Gasteiger partial charge in [-0.2, -0.15) is 0 Å². The molecule has 1 fully saturated rings. The van der Waals surface area contributed by atoms with Crippen LogP contribution in [0.25, 0.3) is 0 Å². The predicted molar refractivity (Wildman–Crippen MR) is 91.4 cm³/mol. The van der Waals surface area contributed by atoms with Crippen molar-refractivity contribution in [2.45, 2.75) is 58.1 Å². The fourth-order valence-electron chi connectivity index (χ4n) is 2.71. The Hall–Kier alpha value is -1.66. The van der Waals surface area contributed by atoms with E-state index < -0.39 is 29.6 Å². The molecule has 1 aliphatic heterocycles. The van der Waals surface area contributed by atoms with E-state index in [0.29, 0.717) is 0 Å². The van der Waals surface area contributed by atoms with Crippen LogP contribution in [-0.2, 0) is 9.47 Å². The molecule has 0 saturated carbocycles. The lowest BCUT2D eigenvalue weighted by Gasteiger charge is -2.35. The Balaban J connectivity index is 2.46. The summed E-state index contributed by atoms with van der Waals surface area (Å²) in [5.74, 6) is 0. The van der Waals surface area contributed by atoms with Crippen molar-refractivity contribution in [2.24, 2.45) is 0 Å². The zero-order valence-corrected chi connectivity index (χ0v) is 14.9. The fourth-order valence-corrected chi connectivity index (χ4v) is 2.88. The minimum Gasteiger partial charge on any atom is -0.500 e. The standard InChI is InChI=1S/C17H23NO4S/c1-16(2,3)22-15(20)18-12(11-9-7-6-8-10-11)13(14(19)23)21-17(18,4)5/h6-10,12-13H,1-5H3,(H,19,23)/t12-,13+/m0/s1.